The number of ether oxygens (including phenoxy) is 1. The van der Waals surface area contributed by atoms with Crippen molar-refractivity contribution in [2.24, 2.45) is 0 Å². The third-order valence-corrected chi connectivity index (χ3v) is 1.76. The summed E-state index contributed by atoms with van der Waals surface area (Å²) in [5.41, 5.74) is 0. The van der Waals surface area contributed by atoms with Gasteiger partial charge in [0.15, 0.2) is 0 Å². The number of rotatable bonds is 3. The molecule has 2 unspecified atom stereocenters. The topological polar surface area (TPSA) is 49.8 Å². The number of aliphatic hydroxyl groups is 1. The molecule has 4 nitrogen and oxygen atoms in total. The van der Waals surface area contributed by atoms with Crippen LogP contribution in [0.4, 0.5) is 0 Å². The lowest BCUT2D eigenvalue weighted by Crippen LogP contribution is -2.30. The second-order valence-electron chi connectivity index (χ2n) is 2.60. The molecule has 0 saturated carbocycles. The Hall–Kier alpha value is -0.610. The van der Waals surface area contributed by atoms with Crippen molar-refractivity contribution in [1.29, 1.82) is 0 Å². The molecule has 1 rings (SSSR count). The van der Waals surface area contributed by atoms with Crippen molar-refractivity contribution in [1.82, 2.24) is 4.90 Å². The van der Waals surface area contributed by atoms with E-state index in [1.165, 1.54) is 4.90 Å². The fourth-order valence-corrected chi connectivity index (χ4v) is 1.27. The van der Waals surface area contributed by atoms with E-state index in [-0.39, 0.29) is 6.23 Å². The van der Waals surface area contributed by atoms with Crippen molar-refractivity contribution < 1.29 is 14.6 Å². The predicted molar refractivity (Wildman–Crippen MR) is 38.8 cm³/mol. The summed E-state index contributed by atoms with van der Waals surface area (Å²) >= 11 is 0. The maximum atomic E-state index is 10.4. The number of β-amino-alcohol motifs (C(OH)–C–C–N with tert-alkyl or cyclic N) is 1. The quantitative estimate of drug-likeness (QED) is 0.568. The largest absolute Gasteiger partial charge is 0.391 e. The van der Waals surface area contributed by atoms with Crippen LogP contribution >= 0.6 is 0 Å². The van der Waals surface area contributed by atoms with Gasteiger partial charge in [-0.15, -0.1) is 0 Å². The molecule has 11 heavy (non-hydrogen) atoms. The van der Waals surface area contributed by atoms with Crippen LogP contribution in [0, 0.1) is 0 Å². The summed E-state index contributed by atoms with van der Waals surface area (Å²) < 4.78 is 5.21. The van der Waals surface area contributed by atoms with Crippen molar-refractivity contribution in [2.75, 3.05) is 13.2 Å². The average Bonchev–Trinajstić information content (AvgIpc) is 2.32. The number of carbonyl (C=O) groups is 1. The second-order valence-corrected chi connectivity index (χ2v) is 2.60. The van der Waals surface area contributed by atoms with Crippen molar-refractivity contribution in [3.05, 3.63) is 0 Å². The lowest BCUT2D eigenvalue weighted by Gasteiger charge is -2.18. The van der Waals surface area contributed by atoms with Crippen molar-refractivity contribution in [2.45, 2.75) is 25.7 Å². The third-order valence-electron chi connectivity index (χ3n) is 1.76. The second kappa shape index (κ2) is 3.69. The van der Waals surface area contributed by atoms with Crippen LogP contribution in [0.3, 0.4) is 0 Å². The van der Waals surface area contributed by atoms with Crippen LogP contribution in [-0.4, -0.2) is 41.9 Å². The Morgan fingerprint density at radius 3 is 3.09 bits per heavy atom. The Morgan fingerprint density at radius 2 is 2.55 bits per heavy atom. The zero-order chi connectivity index (χ0) is 8.27. The molecule has 64 valence electrons. The molecule has 0 aliphatic carbocycles. The molecule has 1 fully saturated rings. The van der Waals surface area contributed by atoms with Gasteiger partial charge in [-0.05, 0) is 6.92 Å². The van der Waals surface area contributed by atoms with Crippen LogP contribution in [0.5, 0.6) is 0 Å². The lowest BCUT2D eigenvalue weighted by molar-refractivity contribution is -0.127. The number of nitrogens with zero attached hydrogens (tertiary/aromatic N) is 1. The van der Waals surface area contributed by atoms with E-state index in [9.17, 15) is 4.79 Å². The summed E-state index contributed by atoms with van der Waals surface area (Å²) in [6.07, 6.45) is 0.618. The molecule has 1 N–H and O–H groups in total. The number of aliphatic hydroxyl groups excluding tert-OH is 1. The number of amides is 1. The number of carbonyl (C=O) groups excluding carboxylic acids is 1. The highest BCUT2D eigenvalue weighted by Crippen LogP contribution is 2.16. The highest BCUT2D eigenvalue weighted by molar-refractivity contribution is 5.48. The minimum absolute atomic E-state index is 0.215. The predicted octanol–water partition coefficient (Wildman–Crippen LogP) is -0.428. The van der Waals surface area contributed by atoms with Gasteiger partial charge in [-0.25, -0.2) is 0 Å². The fourth-order valence-electron chi connectivity index (χ4n) is 1.27. The van der Waals surface area contributed by atoms with E-state index in [0.29, 0.717) is 19.6 Å². The Bertz CT molecular complexity index is 140. The first-order valence-corrected chi connectivity index (χ1v) is 3.78. The molecule has 2 atom stereocenters. The van der Waals surface area contributed by atoms with E-state index in [1.807, 2.05) is 6.92 Å². The molecule has 0 bridgehead atoms. The summed E-state index contributed by atoms with van der Waals surface area (Å²) in [5.74, 6) is 0. The Balaban J connectivity index is 2.43. The van der Waals surface area contributed by atoms with Gasteiger partial charge in [-0.2, -0.15) is 0 Å². The summed E-state index contributed by atoms with van der Waals surface area (Å²) in [6, 6.07) is 0. The smallest absolute Gasteiger partial charge is 0.211 e. The SMILES string of the molecule is CCOC1CC(O)CN1C=O. The zero-order valence-corrected chi connectivity index (χ0v) is 6.56. The average molecular weight is 159 g/mol. The van der Waals surface area contributed by atoms with Crippen LogP contribution in [0.15, 0.2) is 0 Å². The standard InChI is InChI=1S/C7H13NO3/c1-2-11-7-3-6(10)4-8(7)5-9/h5-7,10H,2-4H2,1H3. The van der Waals surface area contributed by atoms with Gasteiger partial charge in [0.2, 0.25) is 6.41 Å². The first kappa shape index (κ1) is 8.49. The van der Waals surface area contributed by atoms with E-state index < -0.39 is 6.10 Å². The summed E-state index contributed by atoms with van der Waals surface area (Å²) in [7, 11) is 0. The van der Waals surface area contributed by atoms with Crippen LogP contribution in [0.2, 0.25) is 0 Å². The van der Waals surface area contributed by atoms with Gasteiger partial charge in [0, 0.05) is 19.6 Å². The molecule has 0 aromatic rings. The van der Waals surface area contributed by atoms with Crippen molar-refractivity contribution in [3.8, 4) is 0 Å². The van der Waals surface area contributed by atoms with Crippen LogP contribution < -0.4 is 0 Å². The van der Waals surface area contributed by atoms with Gasteiger partial charge < -0.3 is 14.7 Å². The van der Waals surface area contributed by atoms with Gasteiger partial charge in [-0.1, -0.05) is 0 Å². The highest BCUT2D eigenvalue weighted by atomic mass is 16.5. The molecule has 0 aromatic carbocycles. The molecule has 0 spiro atoms. The number of hydrogen-bond donors (Lipinski definition) is 1. The molecule has 0 aromatic heterocycles. The van der Waals surface area contributed by atoms with Gasteiger partial charge >= 0.3 is 0 Å². The van der Waals surface area contributed by atoms with Gasteiger partial charge in [0.1, 0.15) is 6.23 Å². The monoisotopic (exact) mass is 159 g/mol. The van der Waals surface area contributed by atoms with Crippen LogP contribution in [-0.2, 0) is 9.53 Å². The molecule has 1 amide bonds. The molecular weight excluding hydrogens is 146 g/mol. The summed E-state index contributed by atoms with van der Waals surface area (Å²) in [4.78, 5) is 11.9. The molecule has 1 aliphatic heterocycles. The van der Waals surface area contributed by atoms with E-state index in [0.717, 1.165) is 6.41 Å². The fraction of sp³-hybridized carbons (Fsp3) is 0.857. The Morgan fingerprint density at radius 1 is 1.82 bits per heavy atom. The molecule has 4 heteroatoms. The highest BCUT2D eigenvalue weighted by Gasteiger charge is 2.29. The van der Waals surface area contributed by atoms with Crippen molar-refractivity contribution >= 4 is 6.41 Å². The normalized spacial score (nSPS) is 30.9. The van der Waals surface area contributed by atoms with Crippen LogP contribution in [0.25, 0.3) is 0 Å². The maximum Gasteiger partial charge on any atom is 0.211 e. The summed E-state index contributed by atoms with van der Waals surface area (Å²) in [5, 5.41) is 9.15. The van der Waals surface area contributed by atoms with E-state index >= 15 is 0 Å². The van der Waals surface area contributed by atoms with Gasteiger partial charge in [0.25, 0.3) is 0 Å². The maximum absolute atomic E-state index is 10.4. The lowest BCUT2D eigenvalue weighted by atomic mass is 10.3. The first-order valence-electron chi connectivity index (χ1n) is 3.78. The molecule has 0 radical (unpaired) electrons. The van der Waals surface area contributed by atoms with E-state index in [4.69, 9.17) is 9.84 Å². The van der Waals surface area contributed by atoms with Gasteiger partial charge in [0.05, 0.1) is 6.10 Å². The van der Waals surface area contributed by atoms with Crippen LogP contribution in [0.1, 0.15) is 13.3 Å². The van der Waals surface area contributed by atoms with Crippen molar-refractivity contribution in [3.63, 3.8) is 0 Å². The minimum atomic E-state index is -0.420. The Kier molecular flexibility index (Phi) is 2.84. The number of hydrogen-bond acceptors (Lipinski definition) is 3. The summed E-state index contributed by atoms with van der Waals surface area (Å²) in [6.45, 7) is 2.84. The molecule has 1 aliphatic rings. The third kappa shape index (κ3) is 1.91. The minimum Gasteiger partial charge on any atom is -0.391 e. The van der Waals surface area contributed by atoms with E-state index in [2.05, 4.69) is 0 Å². The van der Waals surface area contributed by atoms with E-state index in [1.54, 1.807) is 0 Å². The molecule has 1 heterocycles. The first-order chi connectivity index (χ1) is 5.27. The molecule has 1 saturated heterocycles. The molecular formula is C7H13NO3. The number of likely N-dealkylation sites (tertiary alicyclic amines) is 1. The zero-order valence-electron chi connectivity index (χ0n) is 6.56. The Labute approximate surface area is 65.8 Å². The van der Waals surface area contributed by atoms with Gasteiger partial charge in [-0.3, -0.25) is 4.79 Å².